The Hall–Kier alpha value is -2.15. The molecule has 1 saturated heterocycles. The van der Waals surface area contributed by atoms with Crippen molar-refractivity contribution in [1.82, 2.24) is 10.6 Å². The van der Waals surface area contributed by atoms with E-state index >= 15 is 0 Å². The van der Waals surface area contributed by atoms with Crippen molar-refractivity contribution >= 4 is 17.3 Å². The van der Waals surface area contributed by atoms with E-state index in [0.29, 0.717) is 30.3 Å². The molecule has 1 aromatic rings. The zero-order valence-electron chi connectivity index (χ0n) is 12.0. The van der Waals surface area contributed by atoms with Crippen molar-refractivity contribution in [3.63, 3.8) is 0 Å². The summed E-state index contributed by atoms with van der Waals surface area (Å²) in [6.45, 7) is 4.90. The first-order chi connectivity index (χ1) is 10.1. The van der Waals surface area contributed by atoms with Gasteiger partial charge in [0.1, 0.15) is 5.69 Å². The number of nitrogens with one attached hydrogen (secondary N) is 3. The van der Waals surface area contributed by atoms with E-state index in [1.165, 1.54) is 12.1 Å². The van der Waals surface area contributed by atoms with Crippen molar-refractivity contribution in [2.24, 2.45) is 5.92 Å². The Balaban J connectivity index is 2.15. The Morgan fingerprint density at radius 3 is 2.95 bits per heavy atom. The standard InChI is InChI=1S/C14H20N4O3/c1-2-16-14(19)11-3-4-13(18(20)21)12(7-11)17-9-10-5-6-15-8-10/h3-4,7,10,15,17H,2,5-6,8-9H2,1H3,(H,16,19). The fourth-order valence-corrected chi connectivity index (χ4v) is 2.38. The van der Waals surface area contributed by atoms with Gasteiger partial charge in [0.25, 0.3) is 11.6 Å². The van der Waals surface area contributed by atoms with Crippen LogP contribution in [0.1, 0.15) is 23.7 Å². The summed E-state index contributed by atoms with van der Waals surface area (Å²) < 4.78 is 0. The van der Waals surface area contributed by atoms with Crippen molar-refractivity contribution < 1.29 is 9.72 Å². The zero-order chi connectivity index (χ0) is 15.2. The molecule has 1 fully saturated rings. The van der Waals surface area contributed by atoms with Gasteiger partial charge in [-0.15, -0.1) is 0 Å². The van der Waals surface area contributed by atoms with Crippen LogP contribution in [0.2, 0.25) is 0 Å². The average molecular weight is 292 g/mol. The molecule has 1 aromatic carbocycles. The molecule has 1 atom stereocenters. The summed E-state index contributed by atoms with van der Waals surface area (Å²) in [7, 11) is 0. The monoisotopic (exact) mass is 292 g/mol. The van der Waals surface area contributed by atoms with Gasteiger partial charge < -0.3 is 16.0 Å². The van der Waals surface area contributed by atoms with E-state index in [9.17, 15) is 14.9 Å². The molecule has 21 heavy (non-hydrogen) atoms. The third-order valence-corrected chi connectivity index (χ3v) is 3.54. The second-order valence-corrected chi connectivity index (χ2v) is 5.09. The van der Waals surface area contributed by atoms with Crippen LogP contribution in [0.15, 0.2) is 18.2 Å². The zero-order valence-corrected chi connectivity index (χ0v) is 12.0. The van der Waals surface area contributed by atoms with Crippen LogP contribution < -0.4 is 16.0 Å². The minimum absolute atomic E-state index is 0.00555. The molecule has 7 nitrogen and oxygen atoms in total. The SMILES string of the molecule is CCNC(=O)c1ccc([N+](=O)[O-])c(NCC2CCNC2)c1. The van der Waals surface area contributed by atoms with Crippen LogP contribution in [0.5, 0.6) is 0 Å². The van der Waals surface area contributed by atoms with Crippen LogP contribution in [0.4, 0.5) is 11.4 Å². The predicted molar refractivity (Wildman–Crippen MR) is 80.6 cm³/mol. The number of nitrogens with zero attached hydrogens (tertiary/aromatic N) is 1. The molecule has 1 amide bonds. The van der Waals surface area contributed by atoms with Gasteiger partial charge in [0.15, 0.2) is 0 Å². The number of benzene rings is 1. The molecule has 0 aromatic heterocycles. The maximum atomic E-state index is 11.8. The summed E-state index contributed by atoms with van der Waals surface area (Å²) in [5, 5.41) is 20.1. The molecule has 0 spiro atoms. The van der Waals surface area contributed by atoms with Gasteiger partial charge in [0.05, 0.1) is 4.92 Å². The maximum absolute atomic E-state index is 11.8. The molecule has 1 unspecified atom stereocenters. The Bertz CT molecular complexity index is 527. The van der Waals surface area contributed by atoms with Crippen LogP contribution in [0.25, 0.3) is 0 Å². The van der Waals surface area contributed by atoms with Gasteiger partial charge in [-0.2, -0.15) is 0 Å². The number of carbonyl (C=O) groups is 1. The number of amides is 1. The van der Waals surface area contributed by atoms with Crippen LogP contribution in [0, 0.1) is 16.0 Å². The molecule has 7 heteroatoms. The number of anilines is 1. The molecule has 1 heterocycles. The van der Waals surface area contributed by atoms with Crippen molar-refractivity contribution in [2.45, 2.75) is 13.3 Å². The largest absolute Gasteiger partial charge is 0.379 e. The van der Waals surface area contributed by atoms with Gasteiger partial charge >= 0.3 is 0 Å². The van der Waals surface area contributed by atoms with Crippen molar-refractivity contribution in [1.29, 1.82) is 0 Å². The molecule has 0 bridgehead atoms. The molecular formula is C14H20N4O3. The predicted octanol–water partition coefficient (Wildman–Crippen LogP) is 1.37. The van der Waals surface area contributed by atoms with Gasteiger partial charge in [-0.3, -0.25) is 14.9 Å². The van der Waals surface area contributed by atoms with Gasteiger partial charge in [0, 0.05) is 24.7 Å². The highest BCUT2D eigenvalue weighted by Gasteiger charge is 2.19. The summed E-state index contributed by atoms with van der Waals surface area (Å²) in [6, 6.07) is 4.40. The first kappa shape index (κ1) is 15.2. The first-order valence-electron chi connectivity index (χ1n) is 7.13. The van der Waals surface area contributed by atoms with Crippen molar-refractivity contribution in [3.8, 4) is 0 Å². The molecule has 1 aliphatic heterocycles. The molecule has 1 aliphatic rings. The Morgan fingerprint density at radius 1 is 1.52 bits per heavy atom. The lowest BCUT2D eigenvalue weighted by Crippen LogP contribution is -2.23. The van der Waals surface area contributed by atoms with Gasteiger partial charge in [-0.05, 0) is 44.5 Å². The van der Waals surface area contributed by atoms with Crippen LogP contribution >= 0.6 is 0 Å². The molecular weight excluding hydrogens is 272 g/mol. The average Bonchev–Trinajstić information content (AvgIpc) is 2.98. The lowest BCUT2D eigenvalue weighted by Gasteiger charge is -2.12. The first-order valence-corrected chi connectivity index (χ1v) is 7.13. The highest BCUT2D eigenvalue weighted by molar-refractivity contribution is 5.95. The number of carbonyl (C=O) groups excluding carboxylic acids is 1. The quantitative estimate of drug-likeness (QED) is 0.543. The summed E-state index contributed by atoms with van der Waals surface area (Å²) in [4.78, 5) is 22.5. The molecule has 0 aliphatic carbocycles. The Morgan fingerprint density at radius 2 is 2.33 bits per heavy atom. The fraction of sp³-hybridized carbons (Fsp3) is 0.500. The Kier molecular flexibility index (Phi) is 5.10. The van der Waals surface area contributed by atoms with E-state index in [0.717, 1.165) is 19.5 Å². The minimum Gasteiger partial charge on any atom is -0.379 e. The lowest BCUT2D eigenvalue weighted by molar-refractivity contribution is -0.384. The molecule has 0 saturated carbocycles. The summed E-state index contributed by atoms with van der Waals surface area (Å²) in [5.41, 5.74) is 0.819. The second kappa shape index (κ2) is 7.03. The lowest BCUT2D eigenvalue weighted by atomic mass is 10.1. The number of nitro benzene ring substituents is 1. The second-order valence-electron chi connectivity index (χ2n) is 5.09. The highest BCUT2D eigenvalue weighted by Crippen LogP contribution is 2.26. The molecule has 3 N–H and O–H groups in total. The van der Waals surface area contributed by atoms with Crippen LogP contribution in [-0.2, 0) is 0 Å². The fourth-order valence-electron chi connectivity index (χ4n) is 2.38. The summed E-state index contributed by atoms with van der Waals surface area (Å²) >= 11 is 0. The van der Waals surface area contributed by atoms with E-state index in [2.05, 4.69) is 16.0 Å². The topological polar surface area (TPSA) is 96.3 Å². The molecule has 114 valence electrons. The summed E-state index contributed by atoms with van der Waals surface area (Å²) in [6.07, 6.45) is 1.05. The van der Waals surface area contributed by atoms with E-state index in [1.54, 1.807) is 6.07 Å². The molecule has 2 rings (SSSR count). The van der Waals surface area contributed by atoms with E-state index < -0.39 is 4.92 Å². The smallest absolute Gasteiger partial charge is 0.292 e. The van der Waals surface area contributed by atoms with Gasteiger partial charge in [0.2, 0.25) is 0 Å². The maximum Gasteiger partial charge on any atom is 0.292 e. The number of hydrogen-bond donors (Lipinski definition) is 3. The highest BCUT2D eigenvalue weighted by atomic mass is 16.6. The Labute approximate surface area is 123 Å². The third-order valence-electron chi connectivity index (χ3n) is 3.54. The number of nitro groups is 1. The van der Waals surface area contributed by atoms with Crippen LogP contribution in [0.3, 0.4) is 0 Å². The van der Waals surface area contributed by atoms with Gasteiger partial charge in [-0.1, -0.05) is 0 Å². The van der Waals surface area contributed by atoms with E-state index in [-0.39, 0.29) is 11.6 Å². The number of hydrogen-bond acceptors (Lipinski definition) is 5. The van der Waals surface area contributed by atoms with Gasteiger partial charge in [-0.25, -0.2) is 0 Å². The van der Waals surface area contributed by atoms with E-state index in [4.69, 9.17) is 0 Å². The normalized spacial score (nSPS) is 17.5. The summed E-state index contributed by atoms with van der Waals surface area (Å²) in [5.74, 6) is 0.232. The van der Waals surface area contributed by atoms with Crippen molar-refractivity contribution in [3.05, 3.63) is 33.9 Å². The minimum atomic E-state index is -0.434. The molecule has 0 radical (unpaired) electrons. The third kappa shape index (κ3) is 3.91. The van der Waals surface area contributed by atoms with Crippen molar-refractivity contribution in [2.75, 3.05) is 31.5 Å². The number of rotatable bonds is 6. The van der Waals surface area contributed by atoms with E-state index in [1.807, 2.05) is 6.92 Å². The van der Waals surface area contributed by atoms with Crippen LogP contribution in [-0.4, -0.2) is 37.0 Å².